The number of anilines is 1. The number of hydrogen-bond acceptors (Lipinski definition) is 6. The number of halogens is 5. The SMILES string of the molecule is Cc1nc2[nH]c3c(c2s1)CC(C)N(CC(F)(F)CO)C3c1c(F)cc(NC2CN(CCCF)C2)cc1F. The lowest BCUT2D eigenvalue weighted by atomic mass is 9.88. The highest BCUT2D eigenvalue weighted by atomic mass is 32.1. The van der Waals surface area contributed by atoms with Gasteiger partial charge in [0.15, 0.2) is 0 Å². The standard InChI is InChI=1S/C25H30F5N5OS/c1-13-6-17-21(33-24-23(17)37-14(2)31-24)22(35(13)11-25(29,30)12-36)20-18(27)7-15(8-19(20)28)32-16-9-34(10-16)5-3-4-26/h7-8,13,16,22,32-33,36H,3-6,9-12H2,1-2H3. The number of rotatable bonds is 9. The summed E-state index contributed by atoms with van der Waals surface area (Å²) in [6, 6.07) is 0.745. The van der Waals surface area contributed by atoms with E-state index in [1.807, 2.05) is 6.92 Å². The molecule has 1 aromatic carbocycles. The van der Waals surface area contributed by atoms with Gasteiger partial charge in [-0.05, 0) is 44.4 Å². The van der Waals surface area contributed by atoms with E-state index in [1.54, 1.807) is 6.92 Å². The van der Waals surface area contributed by atoms with Gasteiger partial charge in [-0.1, -0.05) is 0 Å². The Morgan fingerprint density at radius 3 is 2.59 bits per heavy atom. The molecule has 6 nitrogen and oxygen atoms in total. The number of aromatic amines is 1. The number of alkyl halides is 3. The molecule has 5 rings (SSSR count). The van der Waals surface area contributed by atoms with Crippen LogP contribution in [0.3, 0.4) is 0 Å². The van der Waals surface area contributed by atoms with Gasteiger partial charge in [0.1, 0.15) is 23.9 Å². The summed E-state index contributed by atoms with van der Waals surface area (Å²) in [5, 5.41) is 13.2. The van der Waals surface area contributed by atoms with E-state index < -0.39 is 42.8 Å². The predicted octanol–water partition coefficient (Wildman–Crippen LogP) is 4.63. The van der Waals surface area contributed by atoms with Crippen molar-refractivity contribution in [3.63, 3.8) is 0 Å². The van der Waals surface area contributed by atoms with Crippen LogP contribution in [0.4, 0.5) is 27.6 Å². The molecule has 2 aromatic heterocycles. The Hall–Kier alpha value is -2.28. The third-order valence-electron chi connectivity index (χ3n) is 7.19. The Morgan fingerprint density at radius 1 is 1.24 bits per heavy atom. The Balaban J connectivity index is 1.49. The van der Waals surface area contributed by atoms with Gasteiger partial charge in [0.25, 0.3) is 5.92 Å². The van der Waals surface area contributed by atoms with Crippen LogP contribution in [0.25, 0.3) is 10.3 Å². The van der Waals surface area contributed by atoms with Gasteiger partial charge in [0, 0.05) is 42.6 Å². The van der Waals surface area contributed by atoms with Crippen LogP contribution in [0.2, 0.25) is 0 Å². The van der Waals surface area contributed by atoms with E-state index in [1.165, 1.54) is 28.4 Å². The number of thiazole rings is 1. The average Bonchev–Trinajstić information content (AvgIpc) is 3.32. The lowest BCUT2D eigenvalue weighted by Crippen LogP contribution is -2.54. The minimum Gasteiger partial charge on any atom is -0.390 e. The molecule has 4 heterocycles. The third-order valence-corrected chi connectivity index (χ3v) is 8.22. The molecule has 2 unspecified atom stereocenters. The van der Waals surface area contributed by atoms with E-state index in [2.05, 4.69) is 20.2 Å². The fourth-order valence-electron chi connectivity index (χ4n) is 5.48. The zero-order valence-electron chi connectivity index (χ0n) is 20.6. The number of H-pyrrole nitrogens is 1. The minimum absolute atomic E-state index is 0.0187. The van der Waals surface area contributed by atoms with Gasteiger partial charge in [-0.3, -0.25) is 14.2 Å². The first-order valence-electron chi connectivity index (χ1n) is 12.4. The van der Waals surface area contributed by atoms with Crippen molar-refractivity contribution in [1.29, 1.82) is 0 Å². The maximum Gasteiger partial charge on any atom is 0.283 e. The van der Waals surface area contributed by atoms with Gasteiger partial charge in [-0.15, -0.1) is 11.3 Å². The van der Waals surface area contributed by atoms with Gasteiger partial charge < -0.3 is 15.4 Å². The fraction of sp³-hybridized carbons (Fsp3) is 0.560. The molecule has 2 aliphatic rings. The quantitative estimate of drug-likeness (QED) is 0.344. The van der Waals surface area contributed by atoms with Crippen LogP contribution in [0.5, 0.6) is 0 Å². The van der Waals surface area contributed by atoms with E-state index in [0.717, 1.165) is 15.3 Å². The van der Waals surface area contributed by atoms with Crippen LogP contribution < -0.4 is 5.32 Å². The molecule has 1 saturated heterocycles. The van der Waals surface area contributed by atoms with E-state index in [4.69, 9.17) is 0 Å². The topological polar surface area (TPSA) is 67.4 Å². The lowest BCUT2D eigenvalue weighted by Gasteiger charge is -2.42. The number of aliphatic hydroxyl groups excluding tert-OH is 1. The smallest absolute Gasteiger partial charge is 0.283 e. The Bertz CT molecular complexity index is 1250. The van der Waals surface area contributed by atoms with Crippen LogP contribution in [0.15, 0.2) is 12.1 Å². The fourth-order valence-corrected chi connectivity index (χ4v) is 6.42. The van der Waals surface area contributed by atoms with Gasteiger partial charge in [0.2, 0.25) is 0 Å². The number of fused-ring (bicyclic) bond motifs is 3. The molecular formula is C25H30F5N5OS. The number of nitrogens with zero attached hydrogens (tertiary/aromatic N) is 3. The summed E-state index contributed by atoms with van der Waals surface area (Å²) in [6.45, 7) is 2.91. The van der Waals surface area contributed by atoms with Crippen molar-refractivity contribution in [3.8, 4) is 0 Å². The zero-order chi connectivity index (χ0) is 26.5. The molecule has 0 bridgehead atoms. The molecule has 3 aromatic rings. The molecule has 0 radical (unpaired) electrons. The van der Waals surface area contributed by atoms with Crippen LogP contribution >= 0.6 is 11.3 Å². The number of benzene rings is 1. The minimum atomic E-state index is -3.45. The summed E-state index contributed by atoms with van der Waals surface area (Å²) >= 11 is 1.45. The first-order chi connectivity index (χ1) is 17.6. The van der Waals surface area contributed by atoms with E-state index in [0.29, 0.717) is 43.8 Å². The molecule has 1 fully saturated rings. The van der Waals surface area contributed by atoms with Crippen molar-refractivity contribution >= 4 is 27.4 Å². The predicted molar refractivity (Wildman–Crippen MR) is 133 cm³/mol. The van der Waals surface area contributed by atoms with Gasteiger partial charge in [0.05, 0.1) is 35.0 Å². The second-order valence-electron chi connectivity index (χ2n) is 10.1. The van der Waals surface area contributed by atoms with Gasteiger partial charge in [-0.2, -0.15) is 0 Å². The summed E-state index contributed by atoms with van der Waals surface area (Å²) in [6.07, 6.45) is 0.850. The summed E-state index contributed by atoms with van der Waals surface area (Å²) < 4.78 is 73.3. The van der Waals surface area contributed by atoms with Crippen molar-refractivity contribution in [2.24, 2.45) is 0 Å². The van der Waals surface area contributed by atoms with Crippen molar-refractivity contribution in [1.82, 2.24) is 19.8 Å². The van der Waals surface area contributed by atoms with Crippen LogP contribution in [-0.2, 0) is 6.42 Å². The lowest BCUT2D eigenvalue weighted by molar-refractivity contribution is -0.0869. The van der Waals surface area contributed by atoms with Crippen LogP contribution in [-0.4, -0.2) is 82.3 Å². The largest absolute Gasteiger partial charge is 0.390 e. The van der Waals surface area contributed by atoms with E-state index in [-0.39, 0.29) is 24.0 Å². The highest BCUT2D eigenvalue weighted by molar-refractivity contribution is 7.18. The second-order valence-corrected chi connectivity index (χ2v) is 11.3. The first kappa shape index (κ1) is 26.3. The van der Waals surface area contributed by atoms with Crippen LogP contribution in [0.1, 0.15) is 41.2 Å². The number of hydrogen-bond donors (Lipinski definition) is 3. The molecule has 0 saturated carbocycles. The Labute approximate surface area is 215 Å². The number of likely N-dealkylation sites (tertiary alicyclic amines) is 1. The molecule has 3 N–H and O–H groups in total. The van der Waals surface area contributed by atoms with Crippen molar-refractivity contribution in [2.45, 2.75) is 50.7 Å². The summed E-state index contributed by atoms with van der Waals surface area (Å²) in [4.78, 5) is 11.0. The number of aliphatic hydroxyl groups is 1. The van der Waals surface area contributed by atoms with Crippen molar-refractivity contribution in [2.75, 3.05) is 44.8 Å². The average molecular weight is 544 g/mol. The highest BCUT2D eigenvalue weighted by Gasteiger charge is 2.44. The molecule has 2 atom stereocenters. The molecule has 0 amide bonds. The molecule has 37 heavy (non-hydrogen) atoms. The maximum absolute atomic E-state index is 15.6. The molecular weight excluding hydrogens is 513 g/mol. The highest BCUT2D eigenvalue weighted by Crippen LogP contribution is 2.44. The van der Waals surface area contributed by atoms with Crippen molar-refractivity contribution < 1.29 is 27.1 Å². The molecule has 0 aliphatic carbocycles. The first-order valence-corrected chi connectivity index (χ1v) is 13.2. The Kier molecular flexibility index (Phi) is 7.20. The summed E-state index contributed by atoms with van der Waals surface area (Å²) in [5.41, 5.74) is 1.78. The van der Waals surface area contributed by atoms with Crippen molar-refractivity contribution in [3.05, 3.63) is 45.6 Å². The van der Waals surface area contributed by atoms with E-state index in [9.17, 15) is 18.3 Å². The van der Waals surface area contributed by atoms with Gasteiger partial charge in [-0.25, -0.2) is 22.5 Å². The maximum atomic E-state index is 15.6. The number of aryl methyl sites for hydroxylation is 1. The summed E-state index contributed by atoms with van der Waals surface area (Å²) in [5.74, 6) is -5.14. The molecule has 202 valence electrons. The Morgan fingerprint density at radius 2 is 1.95 bits per heavy atom. The van der Waals surface area contributed by atoms with E-state index >= 15 is 8.78 Å². The monoisotopic (exact) mass is 543 g/mol. The molecule has 2 aliphatic heterocycles. The molecule has 12 heteroatoms. The second kappa shape index (κ2) is 10.1. The summed E-state index contributed by atoms with van der Waals surface area (Å²) in [7, 11) is 0. The van der Waals surface area contributed by atoms with Crippen LogP contribution in [0, 0.1) is 18.6 Å². The third kappa shape index (κ3) is 5.08. The molecule has 0 spiro atoms. The zero-order valence-corrected chi connectivity index (χ0v) is 21.4. The number of nitrogens with one attached hydrogen (secondary N) is 2. The van der Waals surface area contributed by atoms with Gasteiger partial charge >= 0.3 is 0 Å². The normalized spacial score (nSPS) is 21.4. The number of aromatic nitrogens is 2.